The number of rotatable bonds is 5. The highest BCUT2D eigenvalue weighted by Gasteiger charge is 2.33. The lowest BCUT2D eigenvalue weighted by molar-refractivity contribution is 0.260. The fourth-order valence-corrected chi connectivity index (χ4v) is 3.62. The van der Waals surface area contributed by atoms with Crippen LogP contribution in [0.2, 0.25) is 0 Å². The van der Waals surface area contributed by atoms with Crippen LogP contribution in [-0.2, 0) is 6.54 Å². The van der Waals surface area contributed by atoms with Gasteiger partial charge in [0.1, 0.15) is 0 Å². The van der Waals surface area contributed by atoms with Crippen LogP contribution in [0.1, 0.15) is 17.4 Å². The Bertz CT molecular complexity index is 803. The van der Waals surface area contributed by atoms with Gasteiger partial charge in [-0.1, -0.05) is 65.8 Å². The second-order valence-electron chi connectivity index (χ2n) is 6.58. The van der Waals surface area contributed by atoms with Crippen molar-refractivity contribution >= 4 is 0 Å². The summed E-state index contributed by atoms with van der Waals surface area (Å²) in [5, 5.41) is 4.11. The van der Waals surface area contributed by atoms with Crippen molar-refractivity contribution < 1.29 is 4.52 Å². The average Bonchev–Trinajstić information content (AvgIpc) is 3.30. The maximum atomic E-state index is 6.02. The van der Waals surface area contributed by atoms with Crippen LogP contribution in [-0.4, -0.2) is 34.7 Å². The molecule has 1 fully saturated rings. The van der Waals surface area contributed by atoms with E-state index in [2.05, 4.69) is 45.4 Å². The van der Waals surface area contributed by atoms with Crippen LogP contribution in [0, 0.1) is 5.92 Å². The molecule has 1 saturated heterocycles. The topological polar surface area (TPSA) is 68.2 Å². The van der Waals surface area contributed by atoms with Crippen LogP contribution in [0.3, 0.4) is 0 Å². The molecule has 0 aliphatic carbocycles. The van der Waals surface area contributed by atoms with Gasteiger partial charge in [-0.15, -0.1) is 0 Å². The third-order valence-electron chi connectivity index (χ3n) is 4.91. The molecule has 5 nitrogen and oxygen atoms in total. The average molecular weight is 334 g/mol. The van der Waals surface area contributed by atoms with E-state index in [9.17, 15) is 0 Å². The number of hydrogen-bond acceptors (Lipinski definition) is 5. The number of aromatic nitrogens is 2. The molecule has 4 rings (SSSR count). The predicted octanol–water partition coefficient (Wildman–Crippen LogP) is 2.91. The maximum absolute atomic E-state index is 6.02. The lowest BCUT2D eigenvalue weighted by Crippen LogP contribution is -2.23. The molecule has 3 aromatic rings. The van der Waals surface area contributed by atoms with E-state index in [1.54, 1.807) is 0 Å². The van der Waals surface area contributed by atoms with Crippen LogP contribution in [0.25, 0.3) is 11.4 Å². The Morgan fingerprint density at radius 2 is 1.72 bits per heavy atom. The minimum absolute atomic E-state index is 0.457. The van der Waals surface area contributed by atoms with Gasteiger partial charge in [0.2, 0.25) is 11.7 Å². The van der Waals surface area contributed by atoms with E-state index < -0.39 is 0 Å². The molecule has 0 saturated carbocycles. The Morgan fingerprint density at radius 1 is 1.00 bits per heavy atom. The van der Waals surface area contributed by atoms with E-state index in [0.717, 1.165) is 18.7 Å². The summed E-state index contributed by atoms with van der Waals surface area (Å²) >= 11 is 0. The molecule has 0 radical (unpaired) electrons. The van der Waals surface area contributed by atoms with Crippen LogP contribution in [0.4, 0.5) is 0 Å². The number of benzene rings is 2. The fourth-order valence-electron chi connectivity index (χ4n) is 3.62. The zero-order valence-corrected chi connectivity index (χ0v) is 14.1. The Hall–Kier alpha value is -2.50. The molecule has 5 heteroatoms. The van der Waals surface area contributed by atoms with Gasteiger partial charge in [-0.05, 0) is 18.0 Å². The zero-order chi connectivity index (χ0) is 17.1. The summed E-state index contributed by atoms with van der Waals surface area (Å²) in [6, 6.07) is 20.5. The predicted molar refractivity (Wildman–Crippen MR) is 96.7 cm³/mol. The molecule has 1 aliphatic heterocycles. The highest BCUT2D eigenvalue weighted by Crippen LogP contribution is 2.32. The van der Waals surface area contributed by atoms with E-state index >= 15 is 0 Å². The number of nitrogens with two attached hydrogens (primary N) is 1. The zero-order valence-electron chi connectivity index (χ0n) is 14.1. The van der Waals surface area contributed by atoms with E-state index in [1.165, 1.54) is 5.56 Å². The largest absolute Gasteiger partial charge is 0.338 e. The molecule has 0 unspecified atom stereocenters. The Morgan fingerprint density at radius 3 is 2.44 bits per heavy atom. The van der Waals surface area contributed by atoms with E-state index in [-0.39, 0.29) is 0 Å². The van der Waals surface area contributed by atoms with Gasteiger partial charge in [-0.2, -0.15) is 4.98 Å². The quantitative estimate of drug-likeness (QED) is 0.777. The van der Waals surface area contributed by atoms with Gasteiger partial charge in [-0.25, -0.2) is 0 Å². The second-order valence-corrected chi connectivity index (χ2v) is 6.58. The van der Waals surface area contributed by atoms with Crippen molar-refractivity contribution in [3.05, 3.63) is 72.1 Å². The SMILES string of the molecule is NC[C@@H]1CN(Cc2nc(-c3ccccc3)no2)C[C@H]1c1ccccc1. The first-order valence-corrected chi connectivity index (χ1v) is 8.69. The van der Waals surface area contributed by atoms with Gasteiger partial charge in [0.25, 0.3) is 0 Å². The van der Waals surface area contributed by atoms with Gasteiger partial charge < -0.3 is 10.3 Å². The molecule has 0 spiro atoms. The van der Waals surface area contributed by atoms with Crippen molar-refractivity contribution in [3.8, 4) is 11.4 Å². The monoisotopic (exact) mass is 334 g/mol. The number of likely N-dealkylation sites (tertiary alicyclic amines) is 1. The first-order valence-electron chi connectivity index (χ1n) is 8.69. The van der Waals surface area contributed by atoms with Crippen LogP contribution < -0.4 is 5.73 Å². The number of nitrogens with zero attached hydrogens (tertiary/aromatic N) is 3. The van der Waals surface area contributed by atoms with E-state index in [4.69, 9.17) is 10.3 Å². The van der Waals surface area contributed by atoms with Gasteiger partial charge in [0, 0.05) is 24.6 Å². The third kappa shape index (κ3) is 3.48. The van der Waals surface area contributed by atoms with Crippen molar-refractivity contribution in [2.45, 2.75) is 12.5 Å². The molecule has 1 aliphatic rings. The summed E-state index contributed by atoms with van der Waals surface area (Å²) in [6.07, 6.45) is 0. The van der Waals surface area contributed by atoms with Crippen LogP contribution in [0.5, 0.6) is 0 Å². The standard InChI is InChI=1S/C20H22N4O/c21-11-17-12-24(13-18(17)15-7-3-1-4-8-15)14-19-22-20(23-25-19)16-9-5-2-6-10-16/h1-10,17-18H,11-14,21H2/t17-,18+/m1/s1. The summed E-state index contributed by atoms with van der Waals surface area (Å²) in [5.74, 6) is 2.22. The minimum atomic E-state index is 0.457. The molecule has 1 aromatic heterocycles. The van der Waals surface area contributed by atoms with Crippen LogP contribution >= 0.6 is 0 Å². The molecule has 0 bridgehead atoms. The highest BCUT2D eigenvalue weighted by molar-refractivity contribution is 5.53. The summed E-state index contributed by atoms with van der Waals surface area (Å²) in [4.78, 5) is 6.90. The Balaban J connectivity index is 1.46. The van der Waals surface area contributed by atoms with Crippen LogP contribution in [0.15, 0.2) is 65.2 Å². The molecule has 2 atom stereocenters. The minimum Gasteiger partial charge on any atom is -0.338 e. The smallest absolute Gasteiger partial charge is 0.241 e. The van der Waals surface area contributed by atoms with Crippen molar-refractivity contribution in [1.29, 1.82) is 0 Å². The molecule has 2 N–H and O–H groups in total. The van der Waals surface area contributed by atoms with Crippen molar-refractivity contribution in [2.75, 3.05) is 19.6 Å². The molecular formula is C20H22N4O. The molecular weight excluding hydrogens is 312 g/mol. The van der Waals surface area contributed by atoms with Crippen molar-refractivity contribution in [1.82, 2.24) is 15.0 Å². The molecule has 25 heavy (non-hydrogen) atoms. The normalized spacial score (nSPS) is 20.8. The number of hydrogen-bond donors (Lipinski definition) is 1. The summed E-state index contributed by atoms with van der Waals surface area (Å²) in [5.41, 5.74) is 8.35. The van der Waals surface area contributed by atoms with Crippen molar-refractivity contribution in [3.63, 3.8) is 0 Å². The summed E-state index contributed by atoms with van der Waals surface area (Å²) in [7, 11) is 0. The highest BCUT2D eigenvalue weighted by atomic mass is 16.5. The Labute approximate surface area is 147 Å². The first kappa shape index (κ1) is 16.0. The van der Waals surface area contributed by atoms with E-state index in [0.29, 0.717) is 36.6 Å². The van der Waals surface area contributed by atoms with Gasteiger partial charge >= 0.3 is 0 Å². The lowest BCUT2D eigenvalue weighted by atomic mass is 9.89. The lowest BCUT2D eigenvalue weighted by Gasteiger charge is -2.16. The molecule has 2 aromatic carbocycles. The molecule has 128 valence electrons. The fraction of sp³-hybridized carbons (Fsp3) is 0.300. The molecule has 0 amide bonds. The van der Waals surface area contributed by atoms with Gasteiger partial charge in [0.05, 0.1) is 6.54 Å². The maximum Gasteiger partial charge on any atom is 0.241 e. The molecule has 2 heterocycles. The van der Waals surface area contributed by atoms with Crippen molar-refractivity contribution in [2.24, 2.45) is 11.7 Å². The first-order chi connectivity index (χ1) is 12.3. The van der Waals surface area contributed by atoms with Gasteiger partial charge in [0.15, 0.2) is 0 Å². The van der Waals surface area contributed by atoms with E-state index in [1.807, 2.05) is 30.3 Å². The second kappa shape index (κ2) is 7.17. The third-order valence-corrected chi connectivity index (χ3v) is 4.91. The van der Waals surface area contributed by atoms with Gasteiger partial charge in [-0.3, -0.25) is 4.90 Å². The summed E-state index contributed by atoms with van der Waals surface area (Å²) < 4.78 is 5.46. The summed E-state index contributed by atoms with van der Waals surface area (Å²) in [6.45, 7) is 3.28. The Kier molecular flexibility index (Phi) is 4.59.